The van der Waals surface area contributed by atoms with E-state index >= 15 is 0 Å². The number of allylic oxidation sites excluding steroid dienone is 3. The smallest absolute Gasteiger partial charge is 0.237 e. The SMILES string of the molecule is C=C/C=C\C.N#Cc1ccc(CCNC[C@@H]2CNc3cc(-c4cc5c(C#N)cccc5[nH]4)cnc3O2)cc1. The largest absolute Gasteiger partial charge is 0.470 e. The van der Waals surface area contributed by atoms with Crippen molar-refractivity contribution in [3.05, 3.63) is 102 Å². The molecule has 5 rings (SSSR count). The van der Waals surface area contributed by atoms with Crippen LogP contribution in [0.5, 0.6) is 5.88 Å². The second-order valence-electron chi connectivity index (χ2n) is 8.78. The molecule has 1 aliphatic heterocycles. The highest BCUT2D eigenvalue weighted by atomic mass is 16.5. The predicted molar refractivity (Wildman–Crippen MR) is 152 cm³/mol. The number of H-pyrrole nitrogens is 1. The summed E-state index contributed by atoms with van der Waals surface area (Å²) in [5.41, 5.74) is 6.16. The summed E-state index contributed by atoms with van der Waals surface area (Å²) in [6, 6.07) is 21.7. The minimum atomic E-state index is -0.0110. The van der Waals surface area contributed by atoms with E-state index in [1.54, 1.807) is 12.3 Å². The Morgan fingerprint density at radius 1 is 1.16 bits per heavy atom. The maximum atomic E-state index is 9.33. The van der Waals surface area contributed by atoms with E-state index in [1.165, 1.54) is 5.56 Å². The van der Waals surface area contributed by atoms with Crippen LogP contribution < -0.4 is 15.4 Å². The van der Waals surface area contributed by atoms with Gasteiger partial charge in [0.15, 0.2) is 0 Å². The molecule has 1 atom stereocenters. The number of anilines is 1. The number of nitriles is 2. The molecule has 0 radical (unpaired) electrons. The van der Waals surface area contributed by atoms with Gasteiger partial charge in [0.25, 0.3) is 0 Å². The summed E-state index contributed by atoms with van der Waals surface area (Å²) in [5, 5.41) is 26.0. The van der Waals surface area contributed by atoms with Crippen molar-refractivity contribution in [2.24, 2.45) is 0 Å². The van der Waals surface area contributed by atoms with Crippen LogP contribution in [0.3, 0.4) is 0 Å². The lowest BCUT2D eigenvalue weighted by atomic mass is 10.1. The average molecular weight is 503 g/mol. The van der Waals surface area contributed by atoms with E-state index in [9.17, 15) is 5.26 Å². The number of ether oxygens (including phenoxy) is 1. The summed E-state index contributed by atoms with van der Waals surface area (Å²) < 4.78 is 6.08. The van der Waals surface area contributed by atoms with Crippen molar-refractivity contribution in [2.45, 2.75) is 19.4 Å². The average Bonchev–Trinajstić information content (AvgIpc) is 3.41. The summed E-state index contributed by atoms with van der Waals surface area (Å²) in [6.45, 7) is 7.65. The molecule has 3 N–H and O–H groups in total. The Labute approximate surface area is 223 Å². The van der Waals surface area contributed by atoms with Gasteiger partial charge in [-0.05, 0) is 61.9 Å². The van der Waals surface area contributed by atoms with E-state index in [4.69, 9.17) is 10.00 Å². The van der Waals surface area contributed by atoms with Crippen molar-refractivity contribution in [1.29, 1.82) is 10.5 Å². The standard InChI is InChI=1S/C26H22N6O.C5H8/c27-12-18-6-4-17(5-7-18)8-9-29-15-21-16-30-25-10-20(14-31-26(25)33-21)24-11-22-19(13-28)2-1-3-23(22)32-24;1-3-5-4-2/h1-7,10-11,14,21,29-30,32H,8-9,15-16H2;3-5H,1H2,2H3/b;5-4-/t21-;/m1./s1. The second kappa shape index (κ2) is 12.9. The van der Waals surface area contributed by atoms with Crippen molar-refractivity contribution in [3.8, 4) is 29.3 Å². The Hall–Kier alpha value is -4.85. The van der Waals surface area contributed by atoms with Crippen molar-refractivity contribution in [3.63, 3.8) is 0 Å². The van der Waals surface area contributed by atoms with E-state index in [0.29, 0.717) is 30.1 Å². The van der Waals surface area contributed by atoms with Crippen LogP contribution in [0.15, 0.2) is 85.6 Å². The minimum Gasteiger partial charge on any atom is -0.470 e. The fraction of sp³-hybridized carbons (Fsp3) is 0.194. The molecule has 3 heterocycles. The molecule has 1 aliphatic rings. The number of hydrogen-bond acceptors (Lipinski definition) is 6. The second-order valence-corrected chi connectivity index (χ2v) is 8.78. The molecule has 4 aromatic rings. The lowest BCUT2D eigenvalue weighted by Gasteiger charge is -2.27. The summed E-state index contributed by atoms with van der Waals surface area (Å²) >= 11 is 0. The highest BCUT2D eigenvalue weighted by Gasteiger charge is 2.21. The Balaban J connectivity index is 0.000000617. The van der Waals surface area contributed by atoms with Gasteiger partial charge < -0.3 is 20.4 Å². The zero-order valence-corrected chi connectivity index (χ0v) is 21.4. The molecule has 0 fully saturated rings. The maximum Gasteiger partial charge on any atom is 0.237 e. The number of benzene rings is 2. The topological polar surface area (TPSA) is 110 Å². The monoisotopic (exact) mass is 502 g/mol. The van der Waals surface area contributed by atoms with Gasteiger partial charge in [0, 0.05) is 34.9 Å². The molecule has 7 heteroatoms. The maximum absolute atomic E-state index is 9.33. The van der Waals surface area contributed by atoms with Gasteiger partial charge in [-0.3, -0.25) is 0 Å². The van der Waals surface area contributed by atoms with Gasteiger partial charge in [-0.2, -0.15) is 10.5 Å². The van der Waals surface area contributed by atoms with E-state index in [2.05, 4.69) is 39.3 Å². The van der Waals surface area contributed by atoms with Crippen molar-refractivity contribution in [2.75, 3.05) is 25.0 Å². The lowest BCUT2D eigenvalue weighted by molar-refractivity contribution is 0.194. The van der Waals surface area contributed by atoms with Gasteiger partial charge in [0.2, 0.25) is 5.88 Å². The van der Waals surface area contributed by atoms with Crippen LogP contribution in [0.4, 0.5) is 5.69 Å². The number of rotatable bonds is 7. The van der Waals surface area contributed by atoms with Gasteiger partial charge in [0.1, 0.15) is 6.10 Å². The molecule has 0 aliphatic carbocycles. The highest BCUT2D eigenvalue weighted by Crippen LogP contribution is 2.32. The van der Waals surface area contributed by atoms with Crippen molar-refractivity contribution < 1.29 is 4.74 Å². The normalized spacial score (nSPS) is 13.8. The number of nitrogens with one attached hydrogen (secondary N) is 3. The molecule has 0 spiro atoms. The van der Waals surface area contributed by atoms with E-state index < -0.39 is 0 Å². The molecule has 2 aromatic heterocycles. The predicted octanol–water partition coefficient (Wildman–Crippen LogP) is 5.73. The number of nitrogens with zero attached hydrogens (tertiary/aromatic N) is 3. The first-order valence-corrected chi connectivity index (χ1v) is 12.5. The molecule has 190 valence electrons. The molecule has 0 amide bonds. The van der Waals surface area contributed by atoms with Crippen LogP contribution in [0.2, 0.25) is 0 Å². The fourth-order valence-corrected chi connectivity index (χ4v) is 4.14. The number of aromatic nitrogens is 2. The van der Waals surface area contributed by atoms with Crippen molar-refractivity contribution in [1.82, 2.24) is 15.3 Å². The van der Waals surface area contributed by atoms with Gasteiger partial charge >= 0.3 is 0 Å². The number of hydrogen-bond donors (Lipinski definition) is 3. The van der Waals surface area contributed by atoms with Crippen molar-refractivity contribution >= 4 is 16.6 Å². The van der Waals surface area contributed by atoms with Gasteiger partial charge in [0.05, 0.1) is 35.5 Å². The minimum absolute atomic E-state index is 0.0110. The zero-order chi connectivity index (χ0) is 26.7. The molecule has 38 heavy (non-hydrogen) atoms. The van der Waals surface area contributed by atoms with Gasteiger partial charge in [-0.1, -0.05) is 43.0 Å². The quantitative estimate of drug-likeness (QED) is 0.220. The first kappa shape index (κ1) is 26.2. The number of fused-ring (bicyclic) bond motifs is 2. The zero-order valence-electron chi connectivity index (χ0n) is 21.4. The molecular weight excluding hydrogens is 472 g/mol. The summed E-state index contributed by atoms with van der Waals surface area (Å²) in [4.78, 5) is 7.90. The fourth-order valence-electron chi connectivity index (χ4n) is 4.14. The third-order valence-electron chi connectivity index (χ3n) is 6.12. The van der Waals surface area contributed by atoms with Crippen LogP contribution in [-0.2, 0) is 6.42 Å². The van der Waals surface area contributed by atoms with Gasteiger partial charge in [-0.25, -0.2) is 4.98 Å². The summed E-state index contributed by atoms with van der Waals surface area (Å²) in [5.74, 6) is 0.595. The van der Waals surface area contributed by atoms with Crippen LogP contribution in [-0.4, -0.2) is 35.7 Å². The Bertz CT molecular complexity index is 1500. The van der Waals surface area contributed by atoms with Crippen LogP contribution in [0, 0.1) is 22.7 Å². The molecule has 0 saturated heterocycles. The molecule has 0 unspecified atom stereocenters. The molecule has 2 aromatic carbocycles. The first-order chi connectivity index (χ1) is 18.6. The Morgan fingerprint density at radius 3 is 2.71 bits per heavy atom. The Morgan fingerprint density at radius 2 is 2.00 bits per heavy atom. The van der Waals surface area contributed by atoms with Crippen LogP contribution >= 0.6 is 0 Å². The van der Waals surface area contributed by atoms with E-state index in [0.717, 1.165) is 40.8 Å². The summed E-state index contributed by atoms with van der Waals surface area (Å²) in [6.07, 6.45) is 8.25. The molecular formula is C31H30N6O. The van der Waals surface area contributed by atoms with Crippen LogP contribution in [0.25, 0.3) is 22.2 Å². The van der Waals surface area contributed by atoms with E-state index in [-0.39, 0.29) is 6.10 Å². The van der Waals surface area contributed by atoms with Crippen LogP contribution in [0.1, 0.15) is 23.6 Å². The number of pyridine rings is 1. The molecule has 0 bridgehead atoms. The first-order valence-electron chi connectivity index (χ1n) is 12.5. The molecule has 0 saturated carbocycles. The summed E-state index contributed by atoms with van der Waals surface area (Å²) in [7, 11) is 0. The third-order valence-corrected chi connectivity index (χ3v) is 6.12. The molecule has 7 nitrogen and oxygen atoms in total. The van der Waals surface area contributed by atoms with E-state index in [1.807, 2.05) is 73.7 Å². The van der Waals surface area contributed by atoms with Gasteiger partial charge in [-0.15, -0.1) is 0 Å². The Kier molecular flexibility index (Phi) is 8.91. The third kappa shape index (κ3) is 6.47. The lowest BCUT2D eigenvalue weighted by Crippen LogP contribution is -2.40. The highest BCUT2D eigenvalue weighted by molar-refractivity contribution is 5.90. The number of aromatic amines is 1.